The van der Waals surface area contributed by atoms with Gasteiger partial charge in [-0.25, -0.2) is 4.79 Å². The van der Waals surface area contributed by atoms with Crippen LogP contribution in [0.1, 0.15) is 27.0 Å². The van der Waals surface area contributed by atoms with Crippen molar-refractivity contribution in [3.8, 4) is 0 Å². The smallest absolute Gasteiger partial charge is 0.335 e. The van der Waals surface area contributed by atoms with Gasteiger partial charge in [-0.1, -0.05) is 6.07 Å². The summed E-state index contributed by atoms with van der Waals surface area (Å²) in [5, 5.41) is 9.71. The molecule has 4 heteroatoms. The minimum absolute atomic E-state index is 0.00748. The minimum atomic E-state index is -0.949. The fourth-order valence-corrected chi connectivity index (χ4v) is 2.33. The number of aromatic carboxylic acids is 1. The number of carboxylic acids is 1. The third-order valence-corrected chi connectivity index (χ3v) is 3.31. The Balaban J connectivity index is 2.62. The zero-order chi connectivity index (χ0) is 11.0. The predicted molar refractivity (Wildman–Crippen MR) is 58.8 cm³/mol. The molecule has 15 heavy (non-hydrogen) atoms. The van der Waals surface area contributed by atoms with Gasteiger partial charge in [0.15, 0.2) is 5.78 Å². The SMILES string of the molecule is CC(=O)c1cc2ccc(C(=O)O)cc2s1. The van der Waals surface area contributed by atoms with Gasteiger partial charge in [0.05, 0.1) is 10.4 Å². The maximum absolute atomic E-state index is 11.1. The number of fused-ring (bicyclic) bond motifs is 1. The highest BCUT2D eigenvalue weighted by atomic mass is 32.1. The molecule has 0 spiro atoms. The van der Waals surface area contributed by atoms with Gasteiger partial charge in [-0.15, -0.1) is 11.3 Å². The van der Waals surface area contributed by atoms with Crippen LogP contribution in [-0.4, -0.2) is 16.9 Å². The Hall–Kier alpha value is -1.68. The van der Waals surface area contributed by atoms with Gasteiger partial charge in [0, 0.05) is 4.70 Å². The third-order valence-electron chi connectivity index (χ3n) is 2.11. The molecule has 1 aromatic heterocycles. The number of benzene rings is 1. The molecule has 1 N–H and O–H groups in total. The number of ketones is 1. The van der Waals surface area contributed by atoms with E-state index in [1.54, 1.807) is 24.3 Å². The number of hydrogen-bond acceptors (Lipinski definition) is 3. The first-order valence-corrected chi connectivity index (χ1v) is 5.17. The number of hydrogen-bond donors (Lipinski definition) is 1. The van der Waals surface area contributed by atoms with E-state index < -0.39 is 5.97 Å². The fourth-order valence-electron chi connectivity index (χ4n) is 1.34. The molecule has 76 valence electrons. The number of carbonyl (C=O) groups excluding carboxylic acids is 1. The highest BCUT2D eigenvalue weighted by Crippen LogP contribution is 2.26. The van der Waals surface area contributed by atoms with Crippen LogP contribution in [0.2, 0.25) is 0 Å². The molecule has 0 radical (unpaired) electrons. The molecule has 1 aromatic carbocycles. The molecule has 0 aliphatic heterocycles. The van der Waals surface area contributed by atoms with Crippen LogP contribution >= 0.6 is 11.3 Å². The number of thiophene rings is 1. The summed E-state index contributed by atoms with van der Waals surface area (Å²) in [6.45, 7) is 1.50. The molecule has 0 aliphatic rings. The van der Waals surface area contributed by atoms with E-state index in [1.165, 1.54) is 18.3 Å². The lowest BCUT2D eigenvalue weighted by Gasteiger charge is -1.92. The fraction of sp³-hybridized carbons (Fsp3) is 0.0909. The highest BCUT2D eigenvalue weighted by Gasteiger charge is 2.08. The summed E-state index contributed by atoms with van der Waals surface area (Å²) in [4.78, 5) is 22.5. The first-order chi connectivity index (χ1) is 7.08. The molecular formula is C11H8O3S. The van der Waals surface area contributed by atoms with E-state index in [0.29, 0.717) is 4.88 Å². The van der Waals surface area contributed by atoms with Crippen LogP contribution < -0.4 is 0 Å². The summed E-state index contributed by atoms with van der Waals surface area (Å²) < 4.78 is 0.833. The second kappa shape index (κ2) is 3.47. The van der Waals surface area contributed by atoms with Gasteiger partial charge in [0.1, 0.15) is 0 Å². The largest absolute Gasteiger partial charge is 0.478 e. The average Bonchev–Trinajstić information content (AvgIpc) is 2.59. The third kappa shape index (κ3) is 1.76. The average molecular weight is 220 g/mol. The lowest BCUT2D eigenvalue weighted by atomic mass is 10.2. The highest BCUT2D eigenvalue weighted by molar-refractivity contribution is 7.20. The van der Waals surface area contributed by atoms with Gasteiger partial charge in [0.2, 0.25) is 0 Å². The second-order valence-corrected chi connectivity index (χ2v) is 4.31. The summed E-state index contributed by atoms with van der Waals surface area (Å²) in [6.07, 6.45) is 0. The maximum atomic E-state index is 11.1. The molecule has 0 amide bonds. The van der Waals surface area contributed by atoms with E-state index in [1.807, 2.05) is 0 Å². The monoisotopic (exact) mass is 220 g/mol. The molecule has 1 heterocycles. The zero-order valence-electron chi connectivity index (χ0n) is 7.98. The lowest BCUT2D eigenvalue weighted by molar-refractivity contribution is 0.0697. The van der Waals surface area contributed by atoms with Crippen molar-refractivity contribution < 1.29 is 14.7 Å². The number of rotatable bonds is 2. The van der Waals surface area contributed by atoms with Crippen molar-refractivity contribution in [2.75, 3.05) is 0 Å². The Morgan fingerprint density at radius 3 is 2.60 bits per heavy atom. The van der Waals surface area contributed by atoms with Crippen LogP contribution in [0.4, 0.5) is 0 Å². The molecule has 3 nitrogen and oxygen atoms in total. The topological polar surface area (TPSA) is 54.4 Å². The molecule has 0 bridgehead atoms. The number of carboxylic acid groups (broad SMARTS) is 1. The summed E-state index contributed by atoms with van der Waals surface area (Å²) >= 11 is 1.32. The molecule has 0 fully saturated rings. The zero-order valence-corrected chi connectivity index (χ0v) is 8.80. The number of carbonyl (C=O) groups is 2. The van der Waals surface area contributed by atoms with E-state index in [0.717, 1.165) is 10.1 Å². The van der Waals surface area contributed by atoms with Crippen LogP contribution in [0.5, 0.6) is 0 Å². The molecule has 0 atom stereocenters. The van der Waals surface area contributed by atoms with Gasteiger partial charge in [-0.2, -0.15) is 0 Å². The molecule has 0 saturated heterocycles. The van der Waals surface area contributed by atoms with E-state index in [-0.39, 0.29) is 11.3 Å². The van der Waals surface area contributed by atoms with Crippen LogP contribution in [0.25, 0.3) is 10.1 Å². The maximum Gasteiger partial charge on any atom is 0.335 e. The summed E-state index contributed by atoms with van der Waals surface area (Å²) in [5.74, 6) is -0.942. The van der Waals surface area contributed by atoms with Crippen molar-refractivity contribution in [2.24, 2.45) is 0 Å². The Morgan fingerprint density at radius 2 is 2.00 bits per heavy atom. The van der Waals surface area contributed by atoms with Crippen molar-refractivity contribution in [2.45, 2.75) is 6.92 Å². The first-order valence-electron chi connectivity index (χ1n) is 4.36. The molecular weight excluding hydrogens is 212 g/mol. The van der Waals surface area contributed by atoms with Crippen molar-refractivity contribution in [1.29, 1.82) is 0 Å². The summed E-state index contributed by atoms with van der Waals surface area (Å²) in [7, 11) is 0. The Morgan fingerprint density at radius 1 is 1.27 bits per heavy atom. The van der Waals surface area contributed by atoms with Crippen molar-refractivity contribution >= 4 is 33.2 Å². The van der Waals surface area contributed by atoms with Crippen molar-refractivity contribution in [3.63, 3.8) is 0 Å². The van der Waals surface area contributed by atoms with E-state index >= 15 is 0 Å². The molecule has 0 unspecified atom stereocenters. The first kappa shape index (κ1) is 9.86. The second-order valence-electron chi connectivity index (χ2n) is 3.22. The van der Waals surface area contributed by atoms with Gasteiger partial charge >= 0.3 is 5.97 Å². The standard InChI is InChI=1S/C11H8O3S/c1-6(12)9-4-7-2-3-8(11(13)14)5-10(7)15-9/h2-5H,1H3,(H,13,14). The molecule has 2 aromatic rings. The van der Waals surface area contributed by atoms with E-state index in [2.05, 4.69) is 0 Å². The van der Waals surface area contributed by atoms with E-state index in [9.17, 15) is 9.59 Å². The van der Waals surface area contributed by atoms with E-state index in [4.69, 9.17) is 5.11 Å². The molecule has 0 saturated carbocycles. The quantitative estimate of drug-likeness (QED) is 0.792. The Kier molecular flexibility index (Phi) is 2.28. The Labute approximate surface area is 90.0 Å². The summed E-state index contributed by atoms with van der Waals surface area (Å²) in [5.41, 5.74) is 0.249. The molecule has 2 rings (SSSR count). The van der Waals surface area contributed by atoms with Gasteiger partial charge in [0.25, 0.3) is 0 Å². The van der Waals surface area contributed by atoms with Crippen LogP contribution in [-0.2, 0) is 0 Å². The minimum Gasteiger partial charge on any atom is -0.478 e. The molecule has 0 aliphatic carbocycles. The van der Waals surface area contributed by atoms with Crippen molar-refractivity contribution in [1.82, 2.24) is 0 Å². The van der Waals surface area contributed by atoms with Crippen LogP contribution in [0.3, 0.4) is 0 Å². The van der Waals surface area contributed by atoms with Crippen molar-refractivity contribution in [3.05, 3.63) is 34.7 Å². The number of Topliss-reactive ketones (excluding diaryl/α,β-unsaturated/α-hetero) is 1. The summed E-state index contributed by atoms with van der Waals surface area (Å²) in [6, 6.07) is 6.64. The predicted octanol–water partition coefficient (Wildman–Crippen LogP) is 2.80. The lowest BCUT2D eigenvalue weighted by Crippen LogP contribution is -1.94. The van der Waals surface area contributed by atoms with Crippen LogP contribution in [0, 0.1) is 0 Å². The Bertz CT molecular complexity index is 542. The normalized spacial score (nSPS) is 10.5. The van der Waals surface area contributed by atoms with Gasteiger partial charge in [-0.3, -0.25) is 4.79 Å². The van der Waals surface area contributed by atoms with Gasteiger partial charge in [-0.05, 0) is 30.5 Å². The van der Waals surface area contributed by atoms with Crippen LogP contribution in [0.15, 0.2) is 24.3 Å². The van der Waals surface area contributed by atoms with Gasteiger partial charge < -0.3 is 5.11 Å².